The van der Waals surface area contributed by atoms with Crippen LogP contribution in [-0.4, -0.2) is 51.3 Å². The highest BCUT2D eigenvalue weighted by atomic mass is 127. The molecule has 2 unspecified atom stereocenters. The lowest BCUT2D eigenvalue weighted by Gasteiger charge is -2.38. The summed E-state index contributed by atoms with van der Waals surface area (Å²) in [5, 5.41) is 14.9. The van der Waals surface area contributed by atoms with Gasteiger partial charge in [-0.25, -0.2) is 0 Å². The Morgan fingerprint density at radius 2 is 2.07 bits per heavy atom. The number of likely N-dealkylation sites (tertiary alicyclic amines) is 1. The number of aromatic nitrogens is 3. The van der Waals surface area contributed by atoms with E-state index in [2.05, 4.69) is 68.0 Å². The molecule has 1 aromatic carbocycles. The van der Waals surface area contributed by atoms with Crippen molar-refractivity contribution in [3.63, 3.8) is 0 Å². The van der Waals surface area contributed by atoms with Gasteiger partial charge in [0.25, 0.3) is 0 Å². The highest BCUT2D eigenvalue weighted by Gasteiger charge is 2.26. The Balaban J connectivity index is 0.00000261. The number of aryl methyl sites for hydroxylation is 1. The van der Waals surface area contributed by atoms with E-state index in [4.69, 9.17) is 0 Å². The van der Waals surface area contributed by atoms with Crippen LogP contribution in [0.3, 0.4) is 0 Å². The van der Waals surface area contributed by atoms with Crippen molar-refractivity contribution < 1.29 is 0 Å². The van der Waals surface area contributed by atoms with Crippen molar-refractivity contribution in [2.45, 2.75) is 44.9 Å². The monoisotopic (exact) mass is 483 g/mol. The first-order valence-corrected chi connectivity index (χ1v) is 9.23. The van der Waals surface area contributed by atoms with Crippen LogP contribution in [0.2, 0.25) is 0 Å². The lowest BCUT2D eigenvalue weighted by molar-refractivity contribution is 0.134. The number of nitrogens with one attached hydrogen (secondary N) is 2. The summed E-state index contributed by atoms with van der Waals surface area (Å²) in [6.07, 6.45) is 3.93. The third kappa shape index (κ3) is 6.17. The predicted octanol–water partition coefficient (Wildman–Crippen LogP) is 2.15. The molecule has 1 aliphatic rings. The summed E-state index contributed by atoms with van der Waals surface area (Å²) in [6, 6.07) is 11.7. The van der Waals surface area contributed by atoms with Gasteiger partial charge in [0.05, 0.1) is 6.54 Å². The molecule has 0 amide bonds. The van der Waals surface area contributed by atoms with Gasteiger partial charge in [0.1, 0.15) is 6.33 Å². The van der Waals surface area contributed by atoms with Gasteiger partial charge in [-0.05, 0) is 25.3 Å². The van der Waals surface area contributed by atoms with Crippen LogP contribution in [0.25, 0.3) is 0 Å². The molecule has 0 spiro atoms. The lowest BCUT2D eigenvalue weighted by Crippen LogP contribution is -2.51. The molecule has 2 heterocycles. The molecule has 0 aliphatic carbocycles. The van der Waals surface area contributed by atoms with Gasteiger partial charge in [0.15, 0.2) is 11.8 Å². The Kier molecular flexibility index (Phi) is 8.49. The second-order valence-corrected chi connectivity index (χ2v) is 6.95. The topological polar surface area (TPSA) is 70.4 Å². The highest BCUT2D eigenvalue weighted by Crippen LogP contribution is 2.19. The third-order valence-corrected chi connectivity index (χ3v) is 5.03. The SMILES string of the molecule is CN=C(NCc1nncn1C)NC1CCN(Cc2ccccc2)C(C)C1.I. The summed E-state index contributed by atoms with van der Waals surface area (Å²) < 4.78 is 1.91. The molecule has 8 heteroatoms. The van der Waals surface area contributed by atoms with Crippen LogP contribution in [0.4, 0.5) is 0 Å². The number of hydrogen-bond acceptors (Lipinski definition) is 4. The number of benzene rings is 1. The maximum absolute atomic E-state index is 4.35. The summed E-state index contributed by atoms with van der Waals surface area (Å²) in [5.41, 5.74) is 1.38. The highest BCUT2D eigenvalue weighted by molar-refractivity contribution is 14.0. The molecule has 0 saturated carbocycles. The maximum Gasteiger partial charge on any atom is 0.191 e. The number of piperidine rings is 1. The van der Waals surface area contributed by atoms with Gasteiger partial charge in [0.2, 0.25) is 0 Å². The van der Waals surface area contributed by atoms with Gasteiger partial charge in [-0.3, -0.25) is 9.89 Å². The third-order valence-electron chi connectivity index (χ3n) is 5.03. The van der Waals surface area contributed by atoms with E-state index in [1.165, 1.54) is 5.56 Å². The van der Waals surface area contributed by atoms with Crippen molar-refractivity contribution >= 4 is 29.9 Å². The standard InChI is InChI=1S/C19H29N7.HI/c1-15-11-17(9-10-26(15)13-16-7-5-4-6-8-16)23-19(20-2)21-12-18-24-22-14-25(18)3;/h4-8,14-15,17H,9-13H2,1-3H3,(H2,20,21,23);1H. The van der Waals surface area contributed by atoms with Crippen molar-refractivity contribution in [2.24, 2.45) is 12.0 Å². The molecule has 2 aromatic rings. The molecule has 148 valence electrons. The van der Waals surface area contributed by atoms with Crippen LogP contribution in [0.5, 0.6) is 0 Å². The first-order valence-electron chi connectivity index (χ1n) is 9.23. The van der Waals surface area contributed by atoms with E-state index in [1.807, 2.05) is 11.6 Å². The summed E-state index contributed by atoms with van der Waals surface area (Å²) in [5.74, 6) is 1.71. The Morgan fingerprint density at radius 3 is 2.70 bits per heavy atom. The average Bonchev–Trinajstić information content (AvgIpc) is 3.06. The van der Waals surface area contributed by atoms with Crippen molar-refractivity contribution in [2.75, 3.05) is 13.6 Å². The van der Waals surface area contributed by atoms with Gasteiger partial charge in [-0.15, -0.1) is 34.2 Å². The first kappa shape index (κ1) is 21.6. The lowest BCUT2D eigenvalue weighted by atomic mass is 9.97. The summed E-state index contributed by atoms with van der Waals surface area (Å²) in [4.78, 5) is 6.91. The summed E-state index contributed by atoms with van der Waals surface area (Å²) >= 11 is 0. The predicted molar refractivity (Wildman–Crippen MR) is 119 cm³/mol. The van der Waals surface area contributed by atoms with Gasteiger partial charge < -0.3 is 15.2 Å². The van der Waals surface area contributed by atoms with Crippen LogP contribution in [0, 0.1) is 0 Å². The molecule has 3 rings (SSSR count). The number of hydrogen-bond donors (Lipinski definition) is 2. The van der Waals surface area contributed by atoms with Crippen molar-refractivity contribution in [1.82, 2.24) is 30.3 Å². The molecule has 2 atom stereocenters. The van der Waals surface area contributed by atoms with Crippen LogP contribution in [0.15, 0.2) is 41.7 Å². The minimum Gasteiger partial charge on any atom is -0.354 e. The Labute approximate surface area is 178 Å². The second kappa shape index (κ2) is 10.6. The number of nitrogens with zero attached hydrogens (tertiary/aromatic N) is 5. The molecule has 7 nitrogen and oxygen atoms in total. The molecule has 1 aliphatic heterocycles. The zero-order valence-corrected chi connectivity index (χ0v) is 18.6. The first-order chi connectivity index (χ1) is 12.7. The fourth-order valence-electron chi connectivity index (χ4n) is 3.42. The minimum absolute atomic E-state index is 0. The zero-order chi connectivity index (χ0) is 18.4. The van der Waals surface area contributed by atoms with Gasteiger partial charge in [0, 0.05) is 39.3 Å². The van der Waals surface area contributed by atoms with Crippen molar-refractivity contribution in [1.29, 1.82) is 0 Å². The Bertz CT molecular complexity index is 716. The van der Waals surface area contributed by atoms with Crippen LogP contribution in [0.1, 0.15) is 31.2 Å². The average molecular weight is 483 g/mol. The molecule has 0 radical (unpaired) electrons. The molecule has 1 aromatic heterocycles. The van der Waals surface area contributed by atoms with Gasteiger partial charge in [-0.1, -0.05) is 30.3 Å². The minimum atomic E-state index is 0. The normalized spacial score (nSPS) is 20.8. The molecule has 2 N–H and O–H groups in total. The van der Waals surface area contributed by atoms with E-state index in [0.717, 1.165) is 37.7 Å². The fraction of sp³-hybridized carbons (Fsp3) is 0.526. The second-order valence-electron chi connectivity index (χ2n) is 6.95. The van der Waals surface area contributed by atoms with Crippen LogP contribution >= 0.6 is 24.0 Å². The number of halogens is 1. The van der Waals surface area contributed by atoms with Crippen molar-refractivity contribution in [3.05, 3.63) is 48.0 Å². The van der Waals surface area contributed by atoms with E-state index in [9.17, 15) is 0 Å². The van der Waals surface area contributed by atoms with E-state index in [-0.39, 0.29) is 24.0 Å². The van der Waals surface area contributed by atoms with Crippen LogP contribution < -0.4 is 10.6 Å². The largest absolute Gasteiger partial charge is 0.354 e. The maximum atomic E-state index is 4.35. The Morgan fingerprint density at radius 1 is 1.30 bits per heavy atom. The van der Waals surface area contributed by atoms with Gasteiger partial charge in [-0.2, -0.15) is 0 Å². The molecule has 0 bridgehead atoms. The smallest absolute Gasteiger partial charge is 0.191 e. The fourth-order valence-corrected chi connectivity index (χ4v) is 3.42. The molecule has 27 heavy (non-hydrogen) atoms. The van der Waals surface area contributed by atoms with Crippen LogP contribution in [-0.2, 0) is 20.1 Å². The Hall–Kier alpha value is -1.68. The zero-order valence-electron chi connectivity index (χ0n) is 16.3. The molecule has 1 fully saturated rings. The van der Waals surface area contributed by atoms with E-state index >= 15 is 0 Å². The van der Waals surface area contributed by atoms with E-state index in [0.29, 0.717) is 18.6 Å². The number of aliphatic imine (C=N–C) groups is 1. The molecular formula is C19H30IN7. The van der Waals surface area contributed by atoms with Gasteiger partial charge >= 0.3 is 0 Å². The van der Waals surface area contributed by atoms with E-state index in [1.54, 1.807) is 13.4 Å². The van der Waals surface area contributed by atoms with Crippen molar-refractivity contribution in [3.8, 4) is 0 Å². The number of rotatable bonds is 5. The molecule has 1 saturated heterocycles. The quantitative estimate of drug-likeness (QED) is 0.388. The number of guanidine groups is 1. The summed E-state index contributed by atoms with van der Waals surface area (Å²) in [7, 11) is 3.75. The van der Waals surface area contributed by atoms with E-state index < -0.39 is 0 Å². The molecular weight excluding hydrogens is 453 g/mol. The summed E-state index contributed by atoms with van der Waals surface area (Å²) in [6.45, 7) is 5.03.